The van der Waals surface area contributed by atoms with Gasteiger partial charge < -0.3 is 50.5 Å². The molecule has 1 aliphatic rings. The minimum Gasteiger partial charge on any atom is -0.394 e. The first-order valence-corrected chi connectivity index (χ1v) is 34.6. The van der Waals surface area contributed by atoms with E-state index in [-0.39, 0.29) is 6.42 Å². The summed E-state index contributed by atoms with van der Waals surface area (Å²) in [6, 6.07) is -1.17. The zero-order chi connectivity index (χ0) is 57.5. The van der Waals surface area contributed by atoms with Crippen LogP contribution in [0.2, 0.25) is 0 Å². The molecule has 9 unspecified atom stereocenters. The zero-order valence-corrected chi connectivity index (χ0v) is 51.9. The first kappa shape index (κ1) is 75.9. The molecular weight excluding hydrogens is 991 g/mol. The third-order valence-corrected chi connectivity index (χ3v) is 17.1. The molecule has 0 saturated carbocycles. The van der Waals surface area contributed by atoms with E-state index in [1.54, 1.807) is 0 Å². The number of ether oxygens (including phenoxy) is 2. The lowest BCUT2D eigenvalue weighted by Gasteiger charge is -2.40. The summed E-state index contributed by atoms with van der Waals surface area (Å²) in [6.07, 6.45) is 58.6. The second-order valence-electron chi connectivity index (χ2n) is 24.6. The van der Waals surface area contributed by atoms with Crippen LogP contribution in [0.4, 0.5) is 0 Å². The first-order chi connectivity index (χ1) is 38.7. The van der Waals surface area contributed by atoms with Gasteiger partial charge in [-0.15, -0.1) is 0 Å². The zero-order valence-electron chi connectivity index (χ0n) is 51.9. The SMILES string of the molecule is CCCCCCCCCCCCC/C=C\CCCCCCCCC(O)C(=O)NC(COC1OC(CO)C(O)C(O)C1O)C(O)C(O)CCCCCCCCCCCCCCCCCCCCCCCCCCCCCCCCC. The van der Waals surface area contributed by atoms with Crippen molar-refractivity contribution < 1.29 is 50.0 Å². The van der Waals surface area contributed by atoms with E-state index in [1.807, 2.05) is 0 Å². The van der Waals surface area contributed by atoms with Crippen molar-refractivity contribution in [2.24, 2.45) is 0 Å². The summed E-state index contributed by atoms with van der Waals surface area (Å²) in [5.41, 5.74) is 0. The lowest BCUT2D eigenvalue weighted by atomic mass is 9.98. The third-order valence-electron chi connectivity index (χ3n) is 17.1. The van der Waals surface area contributed by atoms with Crippen molar-refractivity contribution in [3.8, 4) is 0 Å². The number of amides is 1. The van der Waals surface area contributed by atoms with E-state index in [2.05, 4.69) is 31.3 Å². The van der Waals surface area contributed by atoms with Crippen LogP contribution in [0.3, 0.4) is 0 Å². The number of aliphatic hydroxyl groups is 7. The first-order valence-electron chi connectivity index (χ1n) is 34.6. The van der Waals surface area contributed by atoms with E-state index in [4.69, 9.17) is 9.47 Å². The Bertz CT molecular complexity index is 1290. The Hall–Kier alpha value is -1.15. The number of unbranched alkanes of at least 4 members (excludes halogenated alkanes) is 47. The average Bonchev–Trinajstić information content (AvgIpc) is 3.46. The topological polar surface area (TPSA) is 189 Å². The third kappa shape index (κ3) is 45.0. The van der Waals surface area contributed by atoms with E-state index in [1.165, 1.54) is 257 Å². The maximum Gasteiger partial charge on any atom is 0.249 e. The van der Waals surface area contributed by atoms with Gasteiger partial charge in [-0.25, -0.2) is 0 Å². The molecule has 1 fully saturated rings. The lowest BCUT2D eigenvalue weighted by Crippen LogP contribution is -2.60. The highest BCUT2D eigenvalue weighted by Gasteiger charge is 2.44. The standard InChI is InChI=1S/C68H133NO10/c1-3-5-7-9-11-13-15-17-19-21-23-25-26-27-28-29-30-31-32-33-34-36-37-39-41-43-45-47-49-51-53-55-60(71)63(73)59(58-78-68-66(76)65(75)64(74)62(57-70)79-68)69-67(77)61(72)56-54-52-50-48-46-44-42-40-38-35-24-22-20-18-16-14-12-10-8-6-4-2/h38,40,59-66,68,70-76H,3-37,39,41-58H2,1-2H3,(H,69,77)/b40-38-. The van der Waals surface area contributed by atoms with Crippen LogP contribution < -0.4 is 5.32 Å². The fourth-order valence-corrected chi connectivity index (χ4v) is 11.5. The highest BCUT2D eigenvalue weighted by molar-refractivity contribution is 5.80. The Morgan fingerprint density at radius 3 is 1.06 bits per heavy atom. The Labute approximate surface area is 487 Å². The van der Waals surface area contributed by atoms with Gasteiger partial charge in [-0.2, -0.15) is 0 Å². The maximum atomic E-state index is 13.2. The van der Waals surface area contributed by atoms with Crippen LogP contribution in [0.5, 0.6) is 0 Å². The molecule has 79 heavy (non-hydrogen) atoms. The molecule has 1 aliphatic heterocycles. The molecule has 11 nitrogen and oxygen atoms in total. The van der Waals surface area contributed by atoms with Crippen molar-refractivity contribution in [1.29, 1.82) is 0 Å². The number of aliphatic hydroxyl groups excluding tert-OH is 7. The largest absolute Gasteiger partial charge is 0.394 e. The number of hydrogen-bond donors (Lipinski definition) is 8. The Morgan fingerprint density at radius 2 is 0.734 bits per heavy atom. The summed E-state index contributed by atoms with van der Waals surface area (Å²) in [5, 5.41) is 76.5. The van der Waals surface area contributed by atoms with Crippen LogP contribution in [0, 0.1) is 0 Å². The molecule has 1 amide bonds. The molecule has 11 heteroatoms. The van der Waals surface area contributed by atoms with Crippen molar-refractivity contribution in [2.75, 3.05) is 13.2 Å². The second kappa shape index (κ2) is 57.3. The summed E-state index contributed by atoms with van der Waals surface area (Å²) in [6.45, 7) is 3.51. The van der Waals surface area contributed by atoms with E-state index in [9.17, 15) is 40.5 Å². The molecule has 0 radical (unpaired) electrons. The fourth-order valence-electron chi connectivity index (χ4n) is 11.5. The number of nitrogens with one attached hydrogen (secondary N) is 1. The van der Waals surface area contributed by atoms with Crippen molar-refractivity contribution in [2.45, 2.75) is 403 Å². The van der Waals surface area contributed by atoms with Gasteiger partial charge in [0.15, 0.2) is 6.29 Å². The molecule has 0 aromatic rings. The predicted octanol–water partition coefficient (Wildman–Crippen LogP) is 16.3. The van der Waals surface area contributed by atoms with E-state index in [0.29, 0.717) is 19.3 Å². The van der Waals surface area contributed by atoms with E-state index < -0.39 is 74.2 Å². The Balaban J connectivity index is 2.19. The van der Waals surface area contributed by atoms with Crippen LogP contribution in [0.25, 0.3) is 0 Å². The van der Waals surface area contributed by atoms with Gasteiger partial charge in [-0.1, -0.05) is 321 Å². The molecule has 8 N–H and O–H groups in total. The smallest absolute Gasteiger partial charge is 0.249 e. The van der Waals surface area contributed by atoms with Gasteiger partial charge >= 0.3 is 0 Å². The van der Waals surface area contributed by atoms with Crippen LogP contribution in [-0.2, 0) is 14.3 Å². The number of rotatable bonds is 61. The number of allylic oxidation sites excluding steroid dienone is 2. The number of carbonyl (C=O) groups excluding carboxylic acids is 1. The van der Waals surface area contributed by atoms with E-state index >= 15 is 0 Å². The summed E-state index contributed by atoms with van der Waals surface area (Å²) < 4.78 is 11.2. The lowest BCUT2D eigenvalue weighted by molar-refractivity contribution is -0.303. The van der Waals surface area contributed by atoms with Gasteiger partial charge in [0.1, 0.15) is 36.6 Å². The van der Waals surface area contributed by atoms with E-state index in [0.717, 1.165) is 51.4 Å². The fraction of sp³-hybridized carbons (Fsp3) is 0.956. The molecule has 0 spiro atoms. The van der Waals surface area contributed by atoms with Crippen molar-refractivity contribution in [3.05, 3.63) is 12.2 Å². The van der Waals surface area contributed by atoms with Crippen molar-refractivity contribution in [3.63, 3.8) is 0 Å². The predicted molar refractivity (Wildman–Crippen MR) is 330 cm³/mol. The highest BCUT2D eigenvalue weighted by Crippen LogP contribution is 2.24. The van der Waals surface area contributed by atoms with Crippen molar-refractivity contribution >= 4 is 5.91 Å². The minimum atomic E-state index is -1.66. The number of carbonyl (C=O) groups is 1. The second-order valence-corrected chi connectivity index (χ2v) is 24.6. The molecule has 0 bridgehead atoms. The van der Waals surface area contributed by atoms with Gasteiger partial charge in [0, 0.05) is 0 Å². The average molecular weight is 1120 g/mol. The van der Waals surface area contributed by atoms with Crippen LogP contribution in [0.15, 0.2) is 12.2 Å². The van der Waals surface area contributed by atoms with Crippen LogP contribution >= 0.6 is 0 Å². The van der Waals surface area contributed by atoms with Gasteiger partial charge in [-0.3, -0.25) is 4.79 Å². The summed E-state index contributed by atoms with van der Waals surface area (Å²) in [4.78, 5) is 13.2. The number of hydrogen-bond acceptors (Lipinski definition) is 10. The van der Waals surface area contributed by atoms with Crippen LogP contribution in [-0.4, -0.2) is 110 Å². The molecular formula is C68H133NO10. The summed E-state index contributed by atoms with van der Waals surface area (Å²) >= 11 is 0. The molecule has 0 aliphatic carbocycles. The molecule has 1 saturated heterocycles. The van der Waals surface area contributed by atoms with Gasteiger partial charge in [0.05, 0.1) is 25.4 Å². The Morgan fingerprint density at radius 1 is 0.430 bits per heavy atom. The Kier molecular flexibility index (Phi) is 55.0. The molecule has 1 rings (SSSR count). The molecule has 470 valence electrons. The van der Waals surface area contributed by atoms with Gasteiger partial charge in [-0.05, 0) is 38.5 Å². The summed E-state index contributed by atoms with van der Waals surface area (Å²) in [7, 11) is 0. The van der Waals surface area contributed by atoms with Gasteiger partial charge in [0.25, 0.3) is 0 Å². The van der Waals surface area contributed by atoms with Gasteiger partial charge in [0.2, 0.25) is 5.91 Å². The molecule has 1 heterocycles. The van der Waals surface area contributed by atoms with Crippen LogP contribution in [0.1, 0.15) is 348 Å². The normalized spacial score (nSPS) is 19.3. The molecule has 0 aromatic carbocycles. The van der Waals surface area contributed by atoms with Crippen molar-refractivity contribution in [1.82, 2.24) is 5.32 Å². The molecule has 9 atom stereocenters. The quantitative estimate of drug-likeness (QED) is 0.0215. The maximum absolute atomic E-state index is 13.2. The molecule has 0 aromatic heterocycles. The minimum absolute atomic E-state index is 0.256. The highest BCUT2D eigenvalue weighted by atomic mass is 16.7. The summed E-state index contributed by atoms with van der Waals surface area (Å²) in [5.74, 6) is -0.695. The monoisotopic (exact) mass is 1120 g/mol.